The predicted octanol–water partition coefficient (Wildman–Crippen LogP) is 5.08. The molecule has 4 rings (SSSR count). The van der Waals surface area contributed by atoms with E-state index in [1.807, 2.05) is 30.3 Å². The van der Waals surface area contributed by atoms with Crippen LogP contribution in [0.1, 0.15) is 17.3 Å². The van der Waals surface area contributed by atoms with Crippen LogP contribution in [-0.4, -0.2) is 35.1 Å². The number of anilines is 1. The highest BCUT2D eigenvalue weighted by Crippen LogP contribution is 2.27. The highest BCUT2D eigenvalue weighted by Gasteiger charge is 2.20. The SMILES string of the molecule is COc1ccc(NC(=O)C(C)OC(=O)c2ccc3nc(-c4ccccc4)[nH]c3c2)cc1Cl. The number of esters is 1. The number of methoxy groups -OCH3 is 1. The molecule has 32 heavy (non-hydrogen) atoms. The molecule has 1 heterocycles. The van der Waals surface area contributed by atoms with E-state index < -0.39 is 18.0 Å². The number of nitrogens with zero attached hydrogens (tertiary/aromatic N) is 1. The number of hydrogen-bond acceptors (Lipinski definition) is 5. The Kier molecular flexibility index (Phi) is 6.09. The molecule has 0 aliphatic heterocycles. The van der Waals surface area contributed by atoms with Crippen LogP contribution in [0, 0.1) is 0 Å². The summed E-state index contributed by atoms with van der Waals surface area (Å²) in [6.45, 7) is 1.50. The second-order valence-electron chi connectivity index (χ2n) is 7.07. The summed E-state index contributed by atoms with van der Waals surface area (Å²) in [6.07, 6.45) is -1.01. The number of halogens is 1. The van der Waals surface area contributed by atoms with Crippen molar-refractivity contribution >= 4 is 40.2 Å². The molecule has 0 saturated heterocycles. The van der Waals surface area contributed by atoms with Crippen LogP contribution in [0.5, 0.6) is 5.75 Å². The average molecular weight is 450 g/mol. The zero-order valence-electron chi connectivity index (χ0n) is 17.4. The maximum atomic E-state index is 12.6. The van der Waals surface area contributed by atoms with Crippen molar-refractivity contribution in [2.75, 3.05) is 12.4 Å². The van der Waals surface area contributed by atoms with Gasteiger partial charge in [-0.2, -0.15) is 0 Å². The maximum absolute atomic E-state index is 12.6. The molecule has 1 aromatic heterocycles. The summed E-state index contributed by atoms with van der Waals surface area (Å²) in [5.41, 5.74) is 3.14. The Bertz CT molecular complexity index is 1290. The number of imidazole rings is 1. The first-order valence-corrected chi connectivity index (χ1v) is 10.2. The summed E-state index contributed by atoms with van der Waals surface area (Å²) in [5, 5.41) is 3.03. The summed E-state index contributed by atoms with van der Waals surface area (Å²) in [7, 11) is 1.50. The van der Waals surface area contributed by atoms with Crippen LogP contribution < -0.4 is 10.1 Å². The molecule has 162 valence electrons. The molecule has 1 amide bonds. The van der Waals surface area contributed by atoms with Gasteiger partial charge < -0.3 is 19.8 Å². The monoisotopic (exact) mass is 449 g/mol. The van der Waals surface area contributed by atoms with Gasteiger partial charge >= 0.3 is 5.97 Å². The van der Waals surface area contributed by atoms with Crippen molar-refractivity contribution in [1.29, 1.82) is 0 Å². The predicted molar refractivity (Wildman–Crippen MR) is 123 cm³/mol. The van der Waals surface area contributed by atoms with Crippen molar-refractivity contribution in [3.05, 3.63) is 77.3 Å². The molecule has 3 aromatic carbocycles. The van der Waals surface area contributed by atoms with Crippen molar-refractivity contribution in [2.45, 2.75) is 13.0 Å². The molecule has 0 radical (unpaired) electrons. The van der Waals surface area contributed by atoms with E-state index in [4.69, 9.17) is 21.1 Å². The van der Waals surface area contributed by atoms with E-state index >= 15 is 0 Å². The number of carbonyl (C=O) groups excluding carboxylic acids is 2. The molecular formula is C24H20ClN3O4. The Morgan fingerprint density at radius 3 is 2.56 bits per heavy atom. The molecular weight excluding hydrogens is 430 g/mol. The Labute approximate surface area is 189 Å². The Balaban J connectivity index is 1.44. The normalized spacial score (nSPS) is 11.7. The van der Waals surface area contributed by atoms with Crippen molar-refractivity contribution in [2.24, 2.45) is 0 Å². The number of amides is 1. The molecule has 1 atom stereocenters. The fraction of sp³-hybridized carbons (Fsp3) is 0.125. The third kappa shape index (κ3) is 4.58. The summed E-state index contributed by atoms with van der Waals surface area (Å²) in [6, 6.07) is 19.5. The van der Waals surface area contributed by atoms with E-state index in [2.05, 4.69) is 15.3 Å². The molecule has 1 unspecified atom stereocenters. The number of aromatic amines is 1. The number of hydrogen-bond donors (Lipinski definition) is 2. The number of H-pyrrole nitrogens is 1. The van der Waals surface area contributed by atoms with Gasteiger partial charge in [-0.25, -0.2) is 9.78 Å². The van der Waals surface area contributed by atoms with E-state index in [0.717, 1.165) is 11.1 Å². The quantitative estimate of drug-likeness (QED) is 0.400. The lowest BCUT2D eigenvalue weighted by Crippen LogP contribution is -2.30. The molecule has 7 nitrogen and oxygen atoms in total. The minimum absolute atomic E-state index is 0.313. The second kappa shape index (κ2) is 9.11. The number of nitrogens with one attached hydrogen (secondary N) is 2. The zero-order chi connectivity index (χ0) is 22.7. The lowest BCUT2D eigenvalue weighted by atomic mass is 10.2. The van der Waals surface area contributed by atoms with Crippen LogP contribution in [0.2, 0.25) is 5.02 Å². The molecule has 0 bridgehead atoms. The zero-order valence-corrected chi connectivity index (χ0v) is 18.1. The van der Waals surface area contributed by atoms with Gasteiger partial charge in [0, 0.05) is 11.3 Å². The number of fused-ring (bicyclic) bond motifs is 1. The molecule has 0 fully saturated rings. The fourth-order valence-corrected chi connectivity index (χ4v) is 3.40. The number of rotatable bonds is 6. The largest absolute Gasteiger partial charge is 0.495 e. The number of benzene rings is 3. The molecule has 0 spiro atoms. The van der Waals surface area contributed by atoms with Gasteiger partial charge in [-0.15, -0.1) is 0 Å². The molecule has 8 heteroatoms. The summed E-state index contributed by atoms with van der Waals surface area (Å²) < 4.78 is 10.4. The van der Waals surface area contributed by atoms with Crippen molar-refractivity contribution < 1.29 is 19.1 Å². The number of carbonyl (C=O) groups is 2. The Morgan fingerprint density at radius 2 is 1.84 bits per heavy atom. The van der Waals surface area contributed by atoms with Crippen molar-refractivity contribution in [3.8, 4) is 17.1 Å². The van der Waals surface area contributed by atoms with Crippen molar-refractivity contribution in [3.63, 3.8) is 0 Å². The van der Waals surface area contributed by atoms with Gasteiger partial charge in [-0.05, 0) is 43.3 Å². The lowest BCUT2D eigenvalue weighted by Gasteiger charge is -2.14. The highest BCUT2D eigenvalue weighted by atomic mass is 35.5. The average Bonchev–Trinajstić information content (AvgIpc) is 3.23. The van der Waals surface area contributed by atoms with Crippen LogP contribution in [-0.2, 0) is 9.53 Å². The topological polar surface area (TPSA) is 93.3 Å². The van der Waals surface area contributed by atoms with Crippen LogP contribution in [0.15, 0.2) is 66.7 Å². The van der Waals surface area contributed by atoms with E-state index in [9.17, 15) is 9.59 Å². The second-order valence-corrected chi connectivity index (χ2v) is 7.48. The summed E-state index contributed by atoms with van der Waals surface area (Å²) >= 11 is 6.08. The maximum Gasteiger partial charge on any atom is 0.338 e. The van der Waals surface area contributed by atoms with Gasteiger partial charge in [0.1, 0.15) is 11.6 Å². The summed E-state index contributed by atoms with van der Waals surface area (Å²) in [4.78, 5) is 32.8. The van der Waals surface area contributed by atoms with Gasteiger partial charge in [-0.3, -0.25) is 4.79 Å². The number of aromatic nitrogens is 2. The van der Waals surface area contributed by atoms with E-state index in [1.165, 1.54) is 14.0 Å². The first-order chi connectivity index (χ1) is 15.4. The van der Waals surface area contributed by atoms with Gasteiger partial charge in [0.2, 0.25) is 0 Å². The van der Waals surface area contributed by atoms with E-state index in [1.54, 1.807) is 36.4 Å². The minimum Gasteiger partial charge on any atom is -0.495 e. The molecule has 0 saturated carbocycles. The Morgan fingerprint density at radius 1 is 1.06 bits per heavy atom. The smallest absolute Gasteiger partial charge is 0.338 e. The molecule has 2 N–H and O–H groups in total. The standard InChI is InChI=1S/C24H20ClN3O4/c1-14(23(29)26-17-9-11-21(31-2)18(25)13-17)32-24(30)16-8-10-19-20(12-16)28-22(27-19)15-6-4-3-5-7-15/h3-14H,1-2H3,(H,26,29)(H,27,28). The van der Waals surface area contributed by atoms with Crippen LogP contribution in [0.4, 0.5) is 5.69 Å². The molecule has 0 aliphatic carbocycles. The first kappa shape index (κ1) is 21.4. The van der Waals surface area contributed by atoms with E-state index in [0.29, 0.717) is 33.4 Å². The molecule has 0 aliphatic rings. The van der Waals surface area contributed by atoms with Crippen LogP contribution in [0.25, 0.3) is 22.4 Å². The third-order valence-corrected chi connectivity index (χ3v) is 5.13. The first-order valence-electron chi connectivity index (χ1n) is 9.85. The number of ether oxygens (including phenoxy) is 2. The fourth-order valence-electron chi connectivity index (χ4n) is 3.14. The summed E-state index contributed by atoms with van der Waals surface area (Å²) in [5.74, 6) is 0.109. The van der Waals surface area contributed by atoms with Gasteiger partial charge in [0.25, 0.3) is 5.91 Å². The van der Waals surface area contributed by atoms with Gasteiger partial charge in [-0.1, -0.05) is 41.9 Å². The Hall–Kier alpha value is -3.84. The van der Waals surface area contributed by atoms with Gasteiger partial charge in [0.15, 0.2) is 6.10 Å². The highest BCUT2D eigenvalue weighted by molar-refractivity contribution is 6.32. The van der Waals surface area contributed by atoms with E-state index in [-0.39, 0.29) is 0 Å². The van der Waals surface area contributed by atoms with Gasteiger partial charge in [0.05, 0.1) is 28.7 Å². The lowest BCUT2D eigenvalue weighted by molar-refractivity contribution is -0.123. The van der Waals surface area contributed by atoms with Crippen LogP contribution >= 0.6 is 11.6 Å². The van der Waals surface area contributed by atoms with Crippen LogP contribution in [0.3, 0.4) is 0 Å². The molecule has 4 aromatic rings. The third-order valence-electron chi connectivity index (χ3n) is 4.84. The van der Waals surface area contributed by atoms with Crippen molar-refractivity contribution in [1.82, 2.24) is 9.97 Å². The minimum atomic E-state index is -1.01.